The van der Waals surface area contributed by atoms with Crippen LogP contribution in [0.15, 0.2) is 0 Å². The summed E-state index contributed by atoms with van der Waals surface area (Å²) in [5.41, 5.74) is 5.77. The lowest BCUT2D eigenvalue weighted by molar-refractivity contribution is -0.135. The van der Waals surface area contributed by atoms with Crippen LogP contribution in [0.1, 0.15) is 66.2 Å². The lowest BCUT2D eigenvalue weighted by Gasteiger charge is -2.25. The van der Waals surface area contributed by atoms with E-state index in [1.807, 2.05) is 6.92 Å². The van der Waals surface area contributed by atoms with Crippen molar-refractivity contribution in [1.82, 2.24) is 4.90 Å². The summed E-state index contributed by atoms with van der Waals surface area (Å²) in [6, 6.07) is 0.252. The Kier molecular flexibility index (Phi) is 7.57. The highest BCUT2D eigenvalue weighted by molar-refractivity contribution is 5.78. The molecule has 0 aliphatic carbocycles. The van der Waals surface area contributed by atoms with Crippen LogP contribution in [0.2, 0.25) is 0 Å². The highest BCUT2D eigenvalue weighted by Crippen LogP contribution is 2.25. The molecule has 0 spiro atoms. The van der Waals surface area contributed by atoms with Gasteiger partial charge < -0.3 is 10.6 Å². The van der Waals surface area contributed by atoms with Crippen molar-refractivity contribution in [2.24, 2.45) is 23.5 Å². The monoisotopic (exact) mass is 282 g/mol. The van der Waals surface area contributed by atoms with Crippen molar-refractivity contribution in [2.75, 3.05) is 13.1 Å². The lowest BCUT2D eigenvalue weighted by atomic mass is 9.89. The number of rotatable bonds is 6. The molecule has 3 unspecified atom stereocenters. The maximum Gasteiger partial charge on any atom is 0.225 e. The Morgan fingerprint density at radius 2 is 1.85 bits per heavy atom. The summed E-state index contributed by atoms with van der Waals surface area (Å²) in [6.07, 6.45) is 6.68. The molecule has 3 nitrogen and oxygen atoms in total. The summed E-state index contributed by atoms with van der Waals surface area (Å²) in [4.78, 5) is 14.6. The molecule has 0 aromatic carbocycles. The first kappa shape index (κ1) is 17.5. The lowest BCUT2D eigenvalue weighted by Crippen LogP contribution is -2.36. The average molecular weight is 282 g/mol. The predicted molar refractivity (Wildman–Crippen MR) is 85.4 cm³/mol. The number of amides is 1. The molecule has 3 heteroatoms. The third-order valence-electron chi connectivity index (χ3n) is 4.75. The molecule has 1 aliphatic heterocycles. The smallest absolute Gasteiger partial charge is 0.225 e. The molecule has 118 valence electrons. The van der Waals surface area contributed by atoms with Gasteiger partial charge in [0.15, 0.2) is 0 Å². The van der Waals surface area contributed by atoms with Crippen LogP contribution in [0.5, 0.6) is 0 Å². The molecular weight excluding hydrogens is 248 g/mol. The second-order valence-electron chi connectivity index (χ2n) is 7.07. The Morgan fingerprint density at radius 3 is 2.45 bits per heavy atom. The number of likely N-dealkylation sites (tertiary alicyclic amines) is 1. The summed E-state index contributed by atoms with van der Waals surface area (Å²) in [6.45, 7) is 10.6. The Labute approximate surface area is 125 Å². The van der Waals surface area contributed by atoms with Gasteiger partial charge in [0.25, 0.3) is 0 Å². The summed E-state index contributed by atoms with van der Waals surface area (Å²) in [5, 5.41) is 0. The first-order chi connectivity index (χ1) is 9.41. The number of nitrogens with two attached hydrogens (primary N) is 1. The Balaban J connectivity index is 2.38. The van der Waals surface area contributed by atoms with Crippen molar-refractivity contribution in [3.63, 3.8) is 0 Å². The Morgan fingerprint density at radius 1 is 1.15 bits per heavy atom. The van der Waals surface area contributed by atoms with Gasteiger partial charge in [0.1, 0.15) is 0 Å². The van der Waals surface area contributed by atoms with Crippen LogP contribution in [-0.4, -0.2) is 29.9 Å². The van der Waals surface area contributed by atoms with Gasteiger partial charge >= 0.3 is 0 Å². The number of nitrogens with zero attached hydrogens (tertiary/aromatic N) is 1. The fourth-order valence-corrected chi connectivity index (χ4v) is 3.19. The van der Waals surface area contributed by atoms with E-state index in [0.717, 1.165) is 44.2 Å². The van der Waals surface area contributed by atoms with Crippen molar-refractivity contribution in [1.29, 1.82) is 0 Å². The topological polar surface area (TPSA) is 46.3 Å². The van der Waals surface area contributed by atoms with E-state index in [1.165, 1.54) is 19.3 Å². The van der Waals surface area contributed by atoms with E-state index in [0.29, 0.717) is 5.91 Å². The molecule has 1 amide bonds. The zero-order valence-electron chi connectivity index (χ0n) is 13.9. The van der Waals surface area contributed by atoms with Crippen molar-refractivity contribution in [2.45, 2.75) is 72.3 Å². The van der Waals surface area contributed by atoms with Gasteiger partial charge in [-0.2, -0.15) is 0 Å². The minimum Gasteiger partial charge on any atom is -0.342 e. The average Bonchev–Trinajstić information content (AvgIpc) is 2.62. The number of carbonyl (C=O) groups excluding carboxylic acids is 1. The number of hydrogen-bond acceptors (Lipinski definition) is 2. The molecule has 1 fully saturated rings. The minimum absolute atomic E-state index is 0.157. The van der Waals surface area contributed by atoms with Gasteiger partial charge in [-0.3, -0.25) is 4.79 Å². The molecule has 0 aromatic heterocycles. The molecule has 1 saturated heterocycles. The van der Waals surface area contributed by atoms with E-state index in [-0.39, 0.29) is 12.0 Å². The van der Waals surface area contributed by atoms with E-state index < -0.39 is 0 Å². The highest BCUT2D eigenvalue weighted by atomic mass is 16.2. The van der Waals surface area contributed by atoms with Gasteiger partial charge in [-0.1, -0.05) is 27.2 Å². The first-order valence-corrected chi connectivity index (χ1v) is 8.46. The molecular formula is C17H34N2O. The molecule has 0 aromatic rings. The van der Waals surface area contributed by atoms with Gasteiger partial charge in [-0.15, -0.1) is 0 Å². The van der Waals surface area contributed by atoms with Gasteiger partial charge in [0, 0.05) is 25.0 Å². The highest BCUT2D eigenvalue weighted by Gasteiger charge is 2.25. The van der Waals surface area contributed by atoms with Crippen molar-refractivity contribution in [3.05, 3.63) is 0 Å². The Hall–Kier alpha value is -0.570. The summed E-state index contributed by atoms with van der Waals surface area (Å²) >= 11 is 0. The van der Waals surface area contributed by atoms with Crippen LogP contribution in [0.3, 0.4) is 0 Å². The quantitative estimate of drug-likeness (QED) is 0.811. The summed E-state index contributed by atoms with van der Waals surface area (Å²) in [7, 11) is 0. The maximum absolute atomic E-state index is 12.5. The van der Waals surface area contributed by atoms with E-state index >= 15 is 0 Å². The molecule has 1 aliphatic rings. The zero-order chi connectivity index (χ0) is 15.1. The second kappa shape index (κ2) is 8.66. The first-order valence-electron chi connectivity index (χ1n) is 8.46. The van der Waals surface area contributed by atoms with Gasteiger partial charge in [0.2, 0.25) is 5.91 Å². The van der Waals surface area contributed by atoms with Crippen LogP contribution in [0.4, 0.5) is 0 Å². The molecule has 0 saturated carbocycles. The van der Waals surface area contributed by atoms with Crippen molar-refractivity contribution < 1.29 is 4.79 Å². The van der Waals surface area contributed by atoms with Gasteiger partial charge in [-0.05, 0) is 50.9 Å². The molecule has 2 N–H and O–H groups in total. The molecule has 0 bridgehead atoms. The van der Waals surface area contributed by atoms with Crippen LogP contribution in [0.25, 0.3) is 0 Å². The van der Waals surface area contributed by atoms with E-state index in [9.17, 15) is 4.79 Å². The summed E-state index contributed by atoms with van der Waals surface area (Å²) in [5.74, 6) is 2.05. The molecule has 1 heterocycles. The SMILES string of the molecule is CC(N)CCCC(C)C(=O)N1CCCC(C(C)C)CC1. The van der Waals surface area contributed by atoms with Gasteiger partial charge in [0.05, 0.1) is 0 Å². The number of hydrogen-bond donors (Lipinski definition) is 1. The summed E-state index contributed by atoms with van der Waals surface area (Å²) < 4.78 is 0. The largest absolute Gasteiger partial charge is 0.342 e. The molecule has 0 radical (unpaired) electrons. The third kappa shape index (κ3) is 5.82. The normalized spacial score (nSPS) is 23.5. The van der Waals surface area contributed by atoms with Crippen molar-refractivity contribution >= 4 is 5.91 Å². The standard InChI is InChI=1S/C17H34N2O/c1-13(2)16-9-6-11-19(12-10-16)17(20)14(3)7-5-8-15(4)18/h13-16H,5-12,18H2,1-4H3. The van der Waals surface area contributed by atoms with E-state index in [2.05, 4.69) is 25.7 Å². The second-order valence-corrected chi connectivity index (χ2v) is 7.07. The zero-order valence-corrected chi connectivity index (χ0v) is 13.9. The van der Waals surface area contributed by atoms with Crippen LogP contribution in [0, 0.1) is 17.8 Å². The van der Waals surface area contributed by atoms with E-state index in [4.69, 9.17) is 5.73 Å². The predicted octanol–water partition coefficient (Wildman–Crippen LogP) is 3.42. The molecule has 1 rings (SSSR count). The molecule has 3 atom stereocenters. The van der Waals surface area contributed by atoms with Crippen molar-refractivity contribution in [3.8, 4) is 0 Å². The fourth-order valence-electron chi connectivity index (χ4n) is 3.19. The Bertz CT molecular complexity index is 289. The van der Waals surface area contributed by atoms with E-state index in [1.54, 1.807) is 0 Å². The number of carbonyl (C=O) groups is 1. The van der Waals surface area contributed by atoms with Crippen LogP contribution < -0.4 is 5.73 Å². The third-order valence-corrected chi connectivity index (χ3v) is 4.75. The van der Waals surface area contributed by atoms with Crippen LogP contribution >= 0.6 is 0 Å². The molecule has 20 heavy (non-hydrogen) atoms. The fraction of sp³-hybridized carbons (Fsp3) is 0.941. The minimum atomic E-state index is 0.157. The van der Waals surface area contributed by atoms with Gasteiger partial charge in [-0.25, -0.2) is 0 Å². The maximum atomic E-state index is 12.5. The van der Waals surface area contributed by atoms with Crippen LogP contribution in [-0.2, 0) is 4.79 Å².